The number of rotatable bonds is 5. The van der Waals surface area contributed by atoms with Crippen LogP contribution in [0.25, 0.3) is 22.2 Å². The van der Waals surface area contributed by atoms with Gasteiger partial charge in [-0.3, -0.25) is 4.98 Å². The number of pyridine rings is 1. The van der Waals surface area contributed by atoms with Crippen LogP contribution >= 0.6 is 0 Å². The summed E-state index contributed by atoms with van der Waals surface area (Å²) in [5.74, 6) is 1.54. The van der Waals surface area contributed by atoms with E-state index in [2.05, 4.69) is 20.5 Å². The lowest BCUT2D eigenvalue weighted by molar-refractivity contribution is 0.174. The highest BCUT2D eigenvalue weighted by molar-refractivity contribution is 5.86. The van der Waals surface area contributed by atoms with E-state index in [4.69, 9.17) is 14.5 Å². The second kappa shape index (κ2) is 7.27. The Morgan fingerprint density at radius 2 is 1.93 bits per heavy atom. The van der Waals surface area contributed by atoms with Gasteiger partial charge in [-0.25, -0.2) is 19.3 Å². The van der Waals surface area contributed by atoms with Crippen LogP contribution in [0.4, 0.5) is 4.39 Å². The van der Waals surface area contributed by atoms with Crippen LogP contribution in [0.3, 0.4) is 0 Å². The van der Waals surface area contributed by atoms with E-state index in [-0.39, 0.29) is 24.3 Å². The minimum Gasteiger partial charge on any atom is -0.454 e. The molecule has 0 radical (unpaired) electrons. The SMILES string of the molecule is CC(NCc1cc2cc3c(cc2nc1-c1ccc(F)cc1)OCO3)c1n[nH]c(=O)[nH]1. The van der Waals surface area contributed by atoms with Gasteiger partial charge < -0.3 is 14.8 Å². The van der Waals surface area contributed by atoms with Crippen LogP contribution in [-0.4, -0.2) is 27.0 Å². The summed E-state index contributed by atoms with van der Waals surface area (Å²) < 4.78 is 24.4. The molecule has 3 heterocycles. The molecule has 1 aliphatic heterocycles. The fourth-order valence-corrected chi connectivity index (χ4v) is 3.45. The summed E-state index contributed by atoms with van der Waals surface area (Å²) >= 11 is 0. The topological polar surface area (TPSA) is 105 Å². The number of benzene rings is 2. The van der Waals surface area contributed by atoms with Crippen molar-refractivity contribution >= 4 is 10.9 Å². The molecule has 8 nitrogen and oxygen atoms in total. The first kappa shape index (κ1) is 18.3. The summed E-state index contributed by atoms with van der Waals surface area (Å²) in [5.41, 5.74) is 2.85. The van der Waals surface area contributed by atoms with E-state index in [1.807, 2.05) is 25.1 Å². The number of hydrogen-bond donors (Lipinski definition) is 3. The number of aromatic amines is 2. The molecule has 30 heavy (non-hydrogen) atoms. The predicted molar refractivity (Wildman–Crippen MR) is 108 cm³/mol. The van der Waals surface area contributed by atoms with Crippen molar-refractivity contribution in [3.63, 3.8) is 0 Å². The van der Waals surface area contributed by atoms with Crippen molar-refractivity contribution in [2.45, 2.75) is 19.5 Å². The summed E-state index contributed by atoms with van der Waals surface area (Å²) in [7, 11) is 0. The molecule has 4 aromatic rings. The molecule has 1 unspecified atom stereocenters. The number of hydrogen-bond acceptors (Lipinski definition) is 6. The molecule has 0 aliphatic carbocycles. The third kappa shape index (κ3) is 3.39. The van der Waals surface area contributed by atoms with Gasteiger partial charge in [0, 0.05) is 23.6 Å². The molecular formula is C21H18FN5O3. The van der Waals surface area contributed by atoms with Gasteiger partial charge in [0.05, 0.1) is 17.3 Å². The average molecular weight is 407 g/mol. The highest BCUT2D eigenvalue weighted by Gasteiger charge is 2.18. The van der Waals surface area contributed by atoms with E-state index in [1.165, 1.54) is 12.1 Å². The normalized spacial score (nSPS) is 13.7. The molecule has 0 saturated carbocycles. The van der Waals surface area contributed by atoms with Crippen molar-refractivity contribution in [3.05, 3.63) is 70.2 Å². The second-order valence-corrected chi connectivity index (χ2v) is 7.07. The fourth-order valence-electron chi connectivity index (χ4n) is 3.45. The number of ether oxygens (including phenoxy) is 2. The van der Waals surface area contributed by atoms with Crippen molar-refractivity contribution in [1.29, 1.82) is 0 Å². The van der Waals surface area contributed by atoms with Gasteiger partial charge in [-0.05, 0) is 48.9 Å². The van der Waals surface area contributed by atoms with E-state index in [0.29, 0.717) is 23.9 Å². The van der Waals surface area contributed by atoms with Crippen molar-refractivity contribution in [2.24, 2.45) is 0 Å². The Bertz CT molecular complexity index is 1280. The molecule has 1 atom stereocenters. The molecule has 3 N–H and O–H groups in total. The third-order valence-corrected chi connectivity index (χ3v) is 5.03. The Labute approximate surface area is 170 Å². The summed E-state index contributed by atoms with van der Waals surface area (Å²) in [5, 5.41) is 10.6. The van der Waals surface area contributed by atoms with Gasteiger partial charge in [-0.15, -0.1) is 0 Å². The smallest absolute Gasteiger partial charge is 0.340 e. The quantitative estimate of drug-likeness (QED) is 0.470. The van der Waals surface area contributed by atoms with Gasteiger partial charge in [-0.2, -0.15) is 5.10 Å². The maximum Gasteiger partial charge on any atom is 0.340 e. The lowest BCUT2D eigenvalue weighted by atomic mass is 10.0. The van der Waals surface area contributed by atoms with Gasteiger partial charge >= 0.3 is 5.69 Å². The number of nitrogens with one attached hydrogen (secondary N) is 3. The minimum atomic E-state index is -0.353. The molecule has 152 valence electrons. The molecule has 2 aromatic carbocycles. The Balaban J connectivity index is 1.55. The van der Waals surface area contributed by atoms with Crippen LogP contribution in [0.2, 0.25) is 0 Å². The zero-order chi connectivity index (χ0) is 20.7. The highest BCUT2D eigenvalue weighted by Crippen LogP contribution is 2.37. The molecule has 0 fully saturated rings. The predicted octanol–water partition coefficient (Wildman–Crippen LogP) is 3.03. The van der Waals surface area contributed by atoms with Crippen LogP contribution in [-0.2, 0) is 6.54 Å². The molecule has 9 heteroatoms. The summed E-state index contributed by atoms with van der Waals surface area (Å²) in [4.78, 5) is 18.8. The average Bonchev–Trinajstić information content (AvgIpc) is 3.38. The summed E-state index contributed by atoms with van der Waals surface area (Å²) in [6.45, 7) is 2.54. The Hall–Kier alpha value is -3.72. The molecule has 0 saturated heterocycles. The molecule has 5 rings (SSSR count). The zero-order valence-corrected chi connectivity index (χ0v) is 16.0. The van der Waals surface area contributed by atoms with Crippen LogP contribution in [0.5, 0.6) is 11.5 Å². The number of halogens is 1. The Morgan fingerprint density at radius 1 is 1.17 bits per heavy atom. The maximum absolute atomic E-state index is 13.4. The van der Waals surface area contributed by atoms with E-state index in [1.54, 1.807) is 12.1 Å². The van der Waals surface area contributed by atoms with Crippen LogP contribution in [0, 0.1) is 5.82 Å². The standard InChI is InChI=1S/C21H18FN5O3/c1-11(20-25-21(28)27-26-20)23-9-14-6-13-7-17-18(30-10-29-17)8-16(13)24-19(14)12-2-4-15(22)5-3-12/h2-8,11,23H,9-10H2,1H3,(H2,25,26,27,28). The molecule has 2 aromatic heterocycles. The zero-order valence-electron chi connectivity index (χ0n) is 16.0. The minimum absolute atomic E-state index is 0.185. The van der Waals surface area contributed by atoms with Crippen molar-refractivity contribution in [2.75, 3.05) is 6.79 Å². The molecule has 1 aliphatic rings. The van der Waals surface area contributed by atoms with E-state index in [0.717, 1.165) is 27.7 Å². The number of H-pyrrole nitrogens is 2. The van der Waals surface area contributed by atoms with Crippen molar-refractivity contribution in [1.82, 2.24) is 25.5 Å². The highest BCUT2D eigenvalue weighted by atomic mass is 19.1. The van der Waals surface area contributed by atoms with Crippen molar-refractivity contribution in [3.8, 4) is 22.8 Å². The van der Waals surface area contributed by atoms with Crippen LogP contribution in [0.1, 0.15) is 24.4 Å². The Morgan fingerprint density at radius 3 is 2.67 bits per heavy atom. The van der Waals surface area contributed by atoms with Crippen LogP contribution < -0.4 is 20.5 Å². The van der Waals surface area contributed by atoms with E-state index < -0.39 is 0 Å². The van der Waals surface area contributed by atoms with Crippen LogP contribution in [0.15, 0.2) is 47.3 Å². The summed E-state index contributed by atoms with van der Waals surface area (Å²) in [6, 6.07) is 11.8. The van der Waals surface area contributed by atoms with Gasteiger partial charge in [0.15, 0.2) is 11.5 Å². The first-order valence-electron chi connectivity index (χ1n) is 9.44. The van der Waals surface area contributed by atoms with Gasteiger partial charge in [0.2, 0.25) is 6.79 Å². The van der Waals surface area contributed by atoms with E-state index in [9.17, 15) is 9.18 Å². The summed E-state index contributed by atoms with van der Waals surface area (Å²) in [6.07, 6.45) is 0. The second-order valence-electron chi connectivity index (χ2n) is 7.07. The lowest BCUT2D eigenvalue weighted by Crippen LogP contribution is -2.20. The fraction of sp³-hybridized carbons (Fsp3) is 0.190. The van der Waals surface area contributed by atoms with Gasteiger partial charge in [-0.1, -0.05) is 0 Å². The third-order valence-electron chi connectivity index (χ3n) is 5.03. The largest absolute Gasteiger partial charge is 0.454 e. The number of fused-ring (bicyclic) bond motifs is 2. The maximum atomic E-state index is 13.4. The monoisotopic (exact) mass is 407 g/mol. The number of nitrogens with zero attached hydrogens (tertiary/aromatic N) is 2. The van der Waals surface area contributed by atoms with Crippen molar-refractivity contribution < 1.29 is 13.9 Å². The molecular weight excluding hydrogens is 389 g/mol. The Kier molecular flexibility index (Phi) is 4.44. The molecule has 0 bridgehead atoms. The first-order valence-corrected chi connectivity index (χ1v) is 9.44. The lowest BCUT2D eigenvalue weighted by Gasteiger charge is -2.15. The van der Waals surface area contributed by atoms with Gasteiger partial charge in [0.1, 0.15) is 11.6 Å². The van der Waals surface area contributed by atoms with E-state index >= 15 is 0 Å². The molecule has 0 spiro atoms. The molecule has 0 amide bonds. The first-order chi connectivity index (χ1) is 14.6. The van der Waals surface area contributed by atoms with Gasteiger partial charge in [0.25, 0.3) is 0 Å². The number of aromatic nitrogens is 4.